The molecular weight excluding hydrogens is 751 g/mol. The number of aromatic hydroxyl groups is 1. The number of methoxy groups -OCH3 is 1. The molecule has 8 aliphatic heterocycles. The van der Waals surface area contributed by atoms with Crippen molar-refractivity contribution in [2.45, 2.75) is 74.1 Å². The number of ether oxygens (including phenoxy) is 5. The summed E-state index contributed by atoms with van der Waals surface area (Å²) in [4.78, 5) is 36.0. The zero-order chi connectivity index (χ0) is 39.7. The van der Waals surface area contributed by atoms with Crippen LogP contribution in [0.25, 0.3) is 10.9 Å². The van der Waals surface area contributed by atoms with Gasteiger partial charge in [0, 0.05) is 70.9 Å². The summed E-state index contributed by atoms with van der Waals surface area (Å²) in [5, 5.41) is 38.2. The first-order valence-corrected chi connectivity index (χ1v) is 20.2. The molecule has 0 amide bonds. The number of carbonyl (C=O) groups excluding carboxylic acids is 2. The maximum Gasteiger partial charge on any atom is 0.333 e. The van der Waals surface area contributed by atoms with Crippen molar-refractivity contribution in [1.82, 2.24) is 20.1 Å². The molecule has 8 aliphatic rings. The number of phenolic OH excluding ortho intramolecular Hbond substituents is 1. The molecule has 12 rings (SSSR count). The van der Waals surface area contributed by atoms with Crippen molar-refractivity contribution in [2.75, 3.05) is 46.5 Å². The molecule has 4 N–H and O–H groups in total. The number of aryl methyl sites for hydroxylation is 1. The monoisotopic (exact) mass is 793 g/mol. The highest BCUT2D eigenvalue weighted by Gasteiger charge is 2.64. The number of nitriles is 1. The molecule has 2 saturated heterocycles. The van der Waals surface area contributed by atoms with Crippen LogP contribution in [-0.2, 0) is 32.7 Å². The van der Waals surface area contributed by atoms with Gasteiger partial charge in [-0.2, -0.15) is 5.26 Å². The molecule has 0 saturated carbocycles. The number of benzene rings is 3. The van der Waals surface area contributed by atoms with Gasteiger partial charge in [-0.15, -0.1) is 11.8 Å². The highest BCUT2D eigenvalue weighted by atomic mass is 32.2. The standard InChI is InChI=1S/C42H43N5O9S/c1-19-10-22-12-41(15-43)16-46(4)31(28(22)33(50)34(19)52-5)32-38-30-29(37-36(54-18-55-37)20(2)35(30)56-21(3)49)27(47(32)41)14-53-40(51)42(17-57-38)39-25(11-23(13-48)45-42)24-8-6-7-9-26(24)44-39/h6-10,23,27,31-32,38,44-45,48,50H,11-14,16-18H2,1-5H3/t23-,27-,31+,32?,38+,41-,42+/m0/s1. The summed E-state index contributed by atoms with van der Waals surface area (Å²) in [6.07, 6.45) is 0.769. The SMILES string of the molecule is COc1c(C)cc2c(c1O)[C@@H]1C3[C@@H]4SC[C@]5(N[C@H](CO)Cc6c5[nH]c5ccccc65)C(=O)OC[C@@H](c5c6c(c(C)c(OC(C)=O)c54)OCO6)N3[C@](C#N)(C2)CN1C. The van der Waals surface area contributed by atoms with Crippen LogP contribution in [-0.4, -0.2) is 101 Å². The summed E-state index contributed by atoms with van der Waals surface area (Å²) in [6, 6.07) is 10.3. The molecule has 296 valence electrons. The number of fused-ring (bicyclic) bond motifs is 8. The fourth-order valence-corrected chi connectivity index (χ4v) is 12.6. The third-order valence-corrected chi connectivity index (χ3v) is 14.5. The molecule has 0 aliphatic carbocycles. The molecule has 0 radical (unpaired) electrons. The van der Waals surface area contributed by atoms with Crippen LogP contribution in [0.2, 0.25) is 0 Å². The molecule has 14 nitrogen and oxygen atoms in total. The Morgan fingerprint density at radius 1 is 1.14 bits per heavy atom. The van der Waals surface area contributed by atoms with Crippen molar-refractivity contribution in [3.05, 3.63) is 75.0 Å². The first-order chi connectivity index (χ1) is 27.5. The molecule has 4 bridgehead atoms. The van der Waals surface area contributed by atoms with Gasteiger partial charge in [0.25, 0.3) is 0 Å². The lowest BCUT2D eigenvalue weighted by Crippen LogP contribution is -2.69. The summed E-state index contributed by atoms with van der Waals surface area (Å²) in [6.45, 7) is 4.93. The fourth-order valence-electron chi connectivity index (χ4n) is 11.0. The third-order valence-electron chi connectivity index (χ3n) is 13.0. The van der Waals surface area contributed by atoms with Crippen molar-refractivity contribution >= 4 is 34.6 Å². The summed E-state index contributed by atoms with van der Waals surface area (Å²) >= 11 is 1.49. The van der Waals surface area contributed by atoms with Gasteiger partial charge in [-0.05, 0) is 50.1 Å². The maximum absolute atomic E-state index is 15.1. The van der Waals surface area contributed by atoms with Crippen LogP contribution in [0.3, 0.4) is 0 Å². The van der Waals surface area contributed by atoms with Gasteiger partial charge in [-0.3, -0.25) is 19.9 Å². The number of aliphatic hydroxyl groups excluding tert-OH is 1. The number of likely N-dealkylation sites (N-methyl/N-ethyl adjacent to an activating group) is 1. The number of carbonyl (C=O) groups is 2. The van der Waals surface area contributed by atoms with Gasteiger partial charge in [0.15, 0.2) is 28.5 Å². The Labute approximate surface area is 332 Å². The van der Waals surface area contributed by atoms with E-state index >= 15 is 4.79 Å². The average Bonchev–Trinajstić information content (AvgIpc) is 3.78. The third kappa shape index (κ3) is 4.85. The Morgan fingerprint density at radius 3 is 2.68 bits per heavy atom. The first kappa shape index (κ1) is 36.4. The summed E-state index contributed by atoms with van der Waals surface area (Å²) < 4.78 is 30.8. The van der Waals surface area contributed by atoms with Gasteiger partial charge in [-0.25, -0.2) is 4.79 Å². The molecule has 4 aromatic rings. The van der Waals surface area contributed by atoms with Gasteiger partial charge in [-0.1, -0.05) is 24.3 Å². The van der Waals surface area contributed by atoms with E-state index in [0.717, 1.165) is 27.6 Å². The number of hydrogen-bond donors (Lipinski definition) is 4. The Morgan fingerprint density at radius 2 is 1.93 bits per heavy atom. The van der Waals surface area contributed by atoms with Gasteiger partial charge in [0.05, 0.1) is 42.8 Å². The van der Waals surface area contributed by atoms with Crippen LogP contribution in [0.1, 0.15) is 68.9 Å². The zero-order valence-corrected chi connectivity index (χ0v) is 33.0. The Kier molecular flexibility index (Phi) is 8.14. The van der Waals surface area contributed by atoms with Gasteiger partial charge in [0.1, 0.15) is 17.9 Å². The van der Waals surface area contributed by atoms with Crippen LogP contribution in [0.5, 0.6) is 28.7 Å². The minimum atomic E-state index is -1.43. The van der Waals surface area contributed by atoms with E-state index in [1.807, 2.05) is 51.2 Å². The van der Waals surface area contributed by atoms with Crippen molar-refractivity contribution in [2.24, 2.45) is 0 Å². The number of phenols is 1. The van der Waals surface area contributed by atoms with E-state index in [4.69, 9.17) is 23.7 Å². The zero-order valence-electron chi connectivity index (χ0n) is 32.2. The molecule has 2 unspecified atom stereocenters. The summed E-state index contributed by atoms with van der Waals surface area (Å²) in [5.41, 5.74) is 4.05. The summed E-state index contributed by atoms with van der Waals surface area (Å²) in [7, 11) is 3.50. The lowest BCUT2D eigenvalue weighted by Gasteiger charge is -2.60. The second-order valence-electron chi connectivity index (χ2n) is 16.2. The van der Waals surface area contributed by atoms with E-state index < -0.39 is 52.4 Å². The number of rotatable bonds is 3. The minimum Gasteiger partial charge on any atom is -0.504 e. The summed E-state index contributed by atoms with van der Waals surface area (Å²) in [5.74, 6) is 0.707. The number of aromatic nitrogens is 1. The highest BCUT2D eigenvalue weighted by molar-refractivity contribution is 7.99. The number of thioether (sulfide) groups is 1. The molecule has 1 spiro atoms. The van der Waals surface area contributed by atoms with Crippen molar-refractivity contribution in [1.29, 1.82) is 5.26 Å². The Hall–Kier alpha value is -4.98. The average molecular weight is 794 g/mol. The van der Waals surface area contributed by atoms with Crippen LogP contribution in [0, 0.1) is 25.2 Å². The van der Waals surface area contributed by atoms with Crippen LogP contribution >= 0.6 is 11.8 Å². The molecule has 15 heteroatoms. The topological polar surface area (TPSA) is 179 Å². The van der Waals surface area contributed by atoms with Gasteiger partial charge >= 0.3 is 11.9 Å². The van der Waals surface area contributed by atoms with E-state index in [2.05, 4.69) is 26.2 Å². The van der Waals surface area contributed by atoms with Gasteiger partial charge < -0.3 is 38.9 Å². The Bertz CT molecular complexity index is 2460. The fraction of sp³-hybridized carbons (Fsp3) is 0.452. The highest BCUT2D eigenvalue weighted by Crippen LogP contribution is 2.65. The molecule has 9 heterocycles. The molecular formula is C42H43N5O9S. The predicted octanol–water partition coefficient (Wildman–Crippen LogP) is 4.12. The van der Waals surface area contributed by atoms with E-state index in [1.54, 1.807) is 0 Å². The van der Waals surface area contributed by atoms with Gasteiger partial charge in [0.2, 0.25) is 6.79 Å². The molecule has 2 fully saturated rings. The Balaban J connectivity index is 1.27. The lowest BCUT2D eigenvalue weighted by molar-refractivity contribution is -0.159. The quantitative estimate of drug-likeness (QED) is 0.172. The van der Waals surface area contributed by atoms with Crippen molar-refractivity contribution in [3.63, 3.8) is 0 Å². The van der Waals surface area contributed by atoms with Crippen LogP contribution in [0.15, 0.2) is 30.3 Å². The number of aliphatic hydroxyl groups is 1. The number of para-hydroxylation sites is 1. The van der Waals surface area contributed by atoms with Crippen LogP contribution < -0.4 is 24.3 Å². The number of aromatic amines is 1. The number of H-pyrrole nitrogens is 1. The van der Waals surface area contributed by atoms with E-state index in [0.29, 0.717) is 63.9 Å². The van der Waals surface area contributed by atoms with Crippen molar-refractivity contribution < 1.29 is 43.5 Å². The number of esters is 2. The maximum atomic E-state index is 15.1. The molecule has 8 atom stereocenters. The molecule has 3 aromatic carbocycles. The number of nitrogens with zero attached hydrogens (tertiary/aromatic N) is 3. The number of hydrogen-bond acceptors (Lipinski definition) is 14. The largest absolute Gasteiger partial charge is 0.504 e. The molecule has 57 heavy (non-hydrogen) atoms. The minimum absolute atomic E-state index is 0.0190. The number of nitrogens with one attached hydrogen (secondary N) is 2. The first-order valence-electron chi connectivity index (χ1n) is 19.2. The lowest BCUT2D eigenvalue weighted by atomic mass is 9.76. The van der Waals surface area contributed by atoms with E-state index in [1.165, 1.54) is 25.8 Å². The normalized spacial score (nSPS) is 30.8. The molecule has 1 aromatic heterocycles. The second-order valence-corrected chi connectivity index (χ2v) is 17.3. The van der Waals surface area contributed by atoms with Crippen LogP contribution in [0.4, 0.5) is 0 Å². The predicted molar refractivity (Wildman–Crippen MR) is 208 cm³/mol. The smallest absolute Gasteiger partial charge is 0.333 e. The second kappa shape index (κ2) is 12.8. The van der Waals surface area contributed by atoms with E-state index in [9.17, 15) is 20.3 Å². The number of piperazine rings is 1. The van der Waals surface area contributed by atoms with Crippen molar-refractivity contribution in [3.8, 4) is 34.8 Å². The van der Waals surface area contributed by atoms with E-state index in [-0.39, 0.29) is 37.9 Å².